The van der Waals surface area contributed by atoms with Crippen molar-refractivity contribution in [3.05, 3.63) is 34.9 Å². The Hall–Kier alpha value is -1.59. The summed E-state index contributed by atoms with van der Waals surface area (Å²) in [6.07, 6.45) is 0.502. The van der Waals surface area contributed by atoms with E-state index in [1.165, 1.54) is 7.11 Å². The maximum Gasteiger partial charge on any atom is 0.307 e. The fourth-order valence-electron chi connectivity index (χ4n) is 1.90. The Kier molecular flexibility index (Phi) is 7.91. The molecule has 1 aromatic rings. The topological polar surface area (TPSA) is 49.9 Å². The second-order valence-electron chi connectivity index (χ2n) is 5.31. The molecule has 6 heteroatoms. The molecule has 0 aliphatic heterocycles. The molecule has 0 atom stereocenters. The standard InChI is InChI=1S/C16H23ClN2O3/c1-18(2)10-11-19(9-8-16(21)22-3)15(20)12-13-4-6-14(17)7-5-13/h4-7H,8-12H2,1-3H3. The van der Waals surface area contributed by atoms with Gasteiger partial charge in [0.1, 0.15) is 0 Å². The van der Waals surface area contributed by atoms with Crippen molar-refractivity contribution in [1.29, 1.82) is 0 Å². The number of amides is 1. The highest BCUT2D eigenvalue weighted by molar-refractivity contribution is 6.30. The van der Waals surface area contributed by atoms with Crippen LogP contribution in [0.4, 0.5) is 0 Å². The molecule has 0 aliphatic rings. The lowest BCUT2D eigenvalue weighted by Gasteiger charge is -2.24. The first-order valence-electron chi connectivity index (χ1n) is 7.16. The first-order valence-corrected chi connectivity index (χ1v) is 7.54. The van der Waals surface area contributed by atoms with Crippen molar-refractivity contribution < 1.29 is 14.3 Å². The van der Waals surface area contributed by atoms with Crippen molar-refractivity contribution in [2.24, 2.45) is 0 Å². The van der Waals surface area contributed by atoms with Gasteiger partial charge in [-0.25, -0.2) is 0 Å². The Bertz CT molecular complexity index is 489. The van der Waals surface area contributed by atoms with Gasteiger partial charge in [0.05, 0.1) is 20.0 Å². The van der Waals surface area contributed by atoms with E-state index in [2.05, 4.69) is 4.74 Å². The molecule has 1 rings (SSSR count). The van der Waals surface area contributed by atoms with Crippen LogP contribution in [0.3, 0.4) is 0 Å². The lowest BCUT2D eigenvalue weighted by atomic mass is 10.1. The van der Waals surface area contributed by atoms with Crippen LogP contribution in [0.1, 0.15) is 12.0 Å². The van der Waals surface area contributed by atoms with Crippen molar-refractivity contribution in [1.82, 2.24) is 9.80 Å². The summed E-state index contributed by atoms with van der Waals surface area (Å²) < 4.78 is 4.64. The average Bonchev–Trinajstić information content (AvgIpc) is 2.48. The SMILES string of the molecule is COC(=O)CCN(CCN(C)C)C(=O)Cc1ccc(Cl)cc1. The Morgan fingerprint density at radius 1 is 1.09 bits per heavy atom. The first-order chi connectivity index (χ1) is 10.4. The van der Waals surface area contributed by atoms with Gasteiger partial charge in [-0.2, -0.15) is 0 Å². The summed E-state index contributed by atoms with van der Waals surface area (Å²) in [6, 6.07) is 7.21. The van der Waals surface area contributed by atoms with Gasteiger partial charge >= 0.3 is 5.97 Å². The zero-order valence-corrected chi connectivity index (χ0v) is 14.1. The van der Waals surface area contributed by atoms with Gasteiger partial charge in [-0.05, 0) is 31.8 Å². The first kappa shape index (κ1) is 18.5. The quantitative estimate of drug-likeness (QED) is 0.684. The van der Waals surface area contributed by atoms with Crippen molar-refractivity contribution in [3.63, 3.8) is 0 Å². The minimum absolute atomic E-state index is 0.00641. The van der Waals surface area contributed by atoms with Crippen LogP contribution in [0.2, 0.25) is 5.02 Å². The fourth-order valence-corrected chi connectivity index (χ4v) is 2.02. The number of ether oxygens (including phenoxy) is 1. The van der Waals surface area contributed by atoms with E-state index >= 15 is 0 Å². The van der Waals surface area contributed by atoms with E-state index in [1.54, 1.807) is 17.0 Å². The van der Waals surface area contributed by atoms with Crippen molar-refractivity contribution in [3.8, 4) is 0 Å². The summed E-state index contributed by atoms with van der Waals surface area (Å²) >= 11 is 5.84. The maximum atomic E-state index is 12.4. The molecule has 5 nitrogen and oxygen atoms in total. The van der Waals surface area contributed by atoms with E-state index < -0.39 is 0 Å². The van der Waals surface area contributed by atoms with E-state index in [1.807, 2.05) is 31.1 Å². The monoisotopic (exact) mass is 326 g/mol. The predicted octanol–water partition coefficient (Wildman–Crippen LogP) is 1.84. The average molecular weight is 327 g/mol. The molecule has 0 spiro atoms. The van der Waals surface area contributed by atoms with Crippen LogP contribution in [0, 0.1) is 0 Å². The number of hydrogen-bond acceptors (Lipinski definition) is 4. The summed E-state index contributed by atoms with van der Waals surface area (Å²) in [7, 11) is 5.24. The Morgan fingerprint density at radius 3 is 2.27 bits per heavy atom. The summed E-state index contributed by atoms with van der Waals surface area (Å²) in [5.41, 5.74) is 0.905. The van der Waals surface area contributed by atoms with Gasteiger partial charge in [0.25, 0.3) is 0 Å². The third-order valence-electron chi connectivity index (χ3n) is 3.25. The summed E-state index contributed by atoms with van der Waals surface area (Å²) in [6.45, 7) is 1.69. The number of methoxy groups -OCH3 is 1. The molecular weight excluding hydrogens is 304 g/mol. The molecule has 1 amide bonds. The molecule has 0 radical (unpaired) electrons. The molecule has 0 saturated carbocycles. The van der Waals surface area contributed by atoms with E-state index in [0.29, 0.717) is 24.5 Å². The molecule has 0 fully saturated rings. The van der Waals surface area contributed by atoms with Gasteiger partial charge in [-0.15, -0.1) is 0 Å². The number of likely N-dealkylation sites (N-methyl/N-ethyl adjacent to an activating group) is 1. The molecule has 0 heterocycles. The van der Waals surface area contributed by atoms with Gasteiger partial charge < -0.3 is 14.5 Å². The number of carbonyl (C=O) groups excluding carboxylic acids is 2. The molecule has 122 valence electrons. The molecule has 0 aromatic heterocycles. The summed E-state index contributed by atoms with van der Waals surface area (Å²) in [5.74, 6) is -0.317. The largest absolute Gasteiger partial charge is 0.469 e. The normalized spacial score (nSPS) is 10.6. The minimum atomic E-state index is -0.311. The number of benzene rings is 1. The third kappa shape index (κ3) is 6.91. The van der Waals surface area contributed by atoms with Crippen LogP contribution in [0.25, 0.3) is 0 Å². The van der Waals surface area contributed by atoms with E-state index in [-0.39, 0.29) is 18.3 Å². The highest BCUT2D eigenvalue weighted by Gasteiger charge is 2.16. The van der Waals surface area contributed by atoms with Crippen LogP contribution in [0.15, 0.2) is 24.3 Å². The van der Waals surface area contributed by atoms with Crippen LogP contribution in [0.5, 0.6) is 0 Å². The molecule has 0 bridgehead atoms. The number of rotatable bonds is 8. The van der Waals surface area contributed by atoms with Gasteiger partial charge in [-0.1, -0.05) is 23.7 Å². The second-order valence-corrected chi connectivity index (χ2v) is 5.75. The van der Waals surface area contributed by atoms with Crippen molar-refractivity contribution in [2.45, 2.75) is 12.8 Å². The number of carbonyl (C=O) groups is 2. The van der Waals surface area contributed by atoms with E-state index in [9.17, 15) is 9.59 Å². The Labute approximate surface area is 136 Å². The lowest BCUT2D eigenvalue weighted by molar-refractivity contribution is -0.141. The molecule has 0 aliphatic carbocycles. The molecular formula is C16H23ClN2O3. The molecule has 1 aromatic carbocycles. The smallest absolute Gasteiger partial charge is 0.307 e. The van der Waals surface area contributed by atoms with Gasteiger partial charge in [0.2, 0.25) is 5.91 Å². The van der Waals surface area contributed by atoms with Gasteiger partial charge in [0, 0.05) is 24.7 Å². The van der Waals surface area contributed by atoms with Gasteiger partial charge in [-0.3, -0.25) is 9.59 Å². The van der Waals surface area contributed by atoms with Crippen molar-refractivity contribution in [2.75, 3.05) is 40.8 Å². The molecule has 0 saturated heterocycles. The number of hydrogen-bond donors (Lipinski definition) is 0. The Balaban J connectivity index is 2.64. The number of halogens is 1. The van der Waals surface area contributed by atoms with Crippen molar-refractivity contribution >= 4 is 23.5 Å². The third-order valence-corrected chi connectivity index (χ3v) is 3.50. The lowest BCUT2D eigenvalue weighted by Crippen LogP contribution is -2.39. The zero-order valence-electron chi connectivity index (χ0n) is 13.3. The summed E-state index contributed by atoms with van der Waals surface area (Å²) in [4.78, 5) is 27.4. The summed E-state index contributed by atoms with van der Waals surface area (Å²) in [5, 5.41) is 0.645. The van der Waals surface area contributed by atoms with Gasteiger partial charge in [0.15, 0.2) is 0 Å². The van der Waals surface area contributed by atoms with Crippen LogP contribution < -0.4 is 0 Å². The molecule has 22 heavy (non-hydrogen) atoms. The van der Waals surface area contributed by atoms with Crippen LogP contribution in [-0.2, 0) is 20.7 Å². The highest BCUT2D eigenvalue weighted by Crippen LogP contribution is 2.11. The van der Waals surface area contributed by atoms with E-state index in [0.717, 1.165) is 12.1 Å². The number of esters is 1. The second kappa shape index (κ2) is 9.43. The zero-order chi connectivity index (χ0) is 16.5. The van der Waals surface area contributed by atoms with Crippen LogP contribution in [-0.4, -0.2) is 62.5 Å². The highest BCUT2D eigenvalue weighted by atomic mass is 35.5. The minimum Gasteiger partial charge on any atom is -0.469 e. The predicted molar refractivity (Wildman–Crippen MR) is 86.9 cm³/mol. The molecule has 0 unspecified atom stereocenters. The Morgan fingerprint density at radius 2 is 1.73 bits per heavy atom. The number of nitrogens with zero attached hydrogens (tertiary/aromatic N) is 2. The fraction of sp³-hybridized carbons (Fsp3) is 0.500. The molecule has 0 N–H and O–H groups in total. The van der Waals surface area contributed by atoms with Crippen LogP contribution >= 0.6 is 11.6 Å². The van der Waals surface area contributed by atoms with E-state index in [4.69, 9.17) is 11.6 Å². The maximum absolute atomic E-state index is 12.4.